The van der Waals surface area contributed by atoms with Gasteiger partial charge in [0.2, 0.25) is 11.7 Å². The van der Waals surface area contributed by atoms with Crippen LogP contribution in [0.4, 0.5) is 4.39 Å². The Labute approximate surface area is 113 Å². The first-order valence-electron chi connectivity index (χ1n) is 5.64. The Balaban J connectivity index is 2.32. The monoisotopic (exact) mass is 313 g/mol. The highest BCUT2D eigenvalue weighted by Crippen LogP contribution is 2.27. The molecular formula is C12H13BrFN3O. The van der Waals surface area contributed by atoms with Crippen molar-refractivity contribution in [2.24, 2.45) is 0 Å². The van der Waals surface area contributed by atoms with Gasteiger partial charge in [0.05, 0.1) is 6.04 Å². The van der Waals surface area contributed by atoms with Crippen molar-refractivity contribution in [2.75, 3.05) is 6.54 Å². The molecule has 0 spiro atoms. The van der Waals surface area contributed by atoms with E-state index < -0.39 is 0 Å². The van der Waals surface area contributed by atoms with E-state index in [0.717, 1.165) is 11.0 Å². The lowest BCUT2D eigenvalue weighted by Crippen LogP contribution is -2.17. The van der Waals surface area contributed by atoms with Crippen LogP contribution in [0.3, 0.4) is 0 Å². The second-order valence-corrected chi connectivity index (χ2v) is 4.71. The molecule has 0 radical (unpaired) electrons. The molecular weight excluding hydrogens is 301 g/mol. The summed E-state index contributed by atoms with van der Waals surface area (Å²) in [6, 6.07) is 4.34. The van der Waals surface area contributed by atoms with Crippen LogP contribution in [0.5, 0.6) is 0 Å². The molecule has 0 saturated heterocycles. The number of halogens is 2. The van der Waals surface area contributed by atoms with Crippen molar-refractivity contribution in [3.63, 3.8) is 0 Å². The van der Waals surface area contributed by atoms with E-state index in [1.54, 1.807) is 6.07 Å². The Kier molecular flexibility index (Phi) is 4.08. The molecule has 0 aliphatic rings. The first-order chi connectivity index (χ1) is 8.61. The second kappa shape index (κ2) is 5.58. The van der Waals surface area contributed by atoms with Crippen LogP contribution in [0.1, 0.15) is 25.8 Å². The highest BCUT2D eigenvalue weighted by molar-refractivity contribution is 9.10. The topological polar surface area (TPSA) is 51.0 Å². The zero-order valence-electron chi connectivity index (χ0n) is 10.1. The van der Waals surface area contributed by atoms with E-state index in [-0.39, 0.29) is 11.9 Å². The van der Waals surface area contributed by atoms with Crippen LogP contribution < -0.4 is 5.32 Å². The van der Waals surface area contributed by atoms with Crippen molar-refractivity contribution in [3.8, 4) is 11.4 Å². The lowest BCUT2D eigenvalue weighted by molar-refractivity contribution is 0.342. The maximum absolute atomic E-state index is 13.2. The lowest BCUT2D eigenvalue weighted by atomic mass is 10.2. The standard InChI is InChI=1S/C12H13BrFN3O/c1-3-15-7(2)12-16-11(17-18-12)9-6-8(14)4-5-10(9)13/h4-7,15H,3H2,1-2H3. The summed E-state index contributed by atoms with van der Waals surface area (Å²) in [6.07, 6.45) is 0. The molecule has 2 aromatic rings. The third kappa shape index (κ3) is 2.76. The zero-order valence-corrected chi connectivity index (χ0v) is 11.7. The molecule has 1 aromatic heterocycles. The van der Waals surface area contributed by atoms with Gasteiger partial charge in [0, 0.05) is 10.0 Å². The molecule has 6 heteroatoms. The van der Waals surface area contributed by atoms with Crippen molar-refractivity contribution in [2.45, 2.75) is 19.9 Å². The number of aromatic nitrogens is 2. The third-order valence-electron chi connectivity index (χ3n) is 2.49. The van der Waals surface area contributed by atoms with Gasteiger partial charge in [0.1, 0.15) is 5.82 Å². The summed E-state index contributed by atoms with van der Waals surface area (Å²) < 4.78 is 19.1. The Morgan fingerprint density at radius 1 is 1.50 bits per heavy atom. The minimum Gasteiger partial charge on any atom is -0.337 e. The first-order valence-corrected chi connectivity index (χ1v) is 6.43. The molecule has 0 aliphatic carbocycles. The van der Waals surface area contributed by atoms with E-state index in [0.29, 0.717) is 17.3 Å². The van der Waals surface area contributed by atoms with Crippen molar-refractivity contribution < 1.29 is 8.91 Å². The minimum absolute atomic E-state index is 0.0245. The Morgan fingerprint density at radius 3 is 3.00 bits per heavy atom. The summed E-state index contributed by atoms with van der Waals surface area (Å²) in [4.78, 5) is 4.26. The van der Waals surface area contributed by atoms with Crippen molar-refractivity contribution in [1.29, 1.82) is 0 Å². The fourth-order valence-electron chi connectivity index (χ4n) is 1.58. The molecule has 18 heavy (non-hydrogen) atoms. The maximum atomic E-state index is 13.2. The molecule has 96 valence electrons. The maximum Gasteiger partial charge on any atom is 0.243 e. The Bertz CT molecular complexity index is 544. The van der Waals surface area contributed by atoms with Crippen LogP contribution in [0.25, 0.3) is 11.4 Å². The Hall–Kier alpha value is -1.27. The number of nitrogens with zero attached hydrogens (tertiary/aromatic N) is 2. The number of rotatable bonds is 4. The van der Waals surface area contributed by atoms with E-state index in [1.807, 2.05) is 13.8 Å². The molecule has 0 aliphatic heterocycles. The average molecular weight is 314 g/mol. The molecule has 1 N–H and O–H groups in total. The molecule has 0 fully saturated rings. The van der Waals surface area contributed by atoms with Gasteiger partial charge in [-0.1, -0.05) is 28.0 Å². The van der Waals surface area contributed by atoms with Crippen LogP contribution in [0, 0.1) is 5.82 Å². The molecule has 1 heterocycles. The average Bonchev–Trinajstić information content (AvgIpc) is 2.82. The van der Waals surface area contributed by atoms with Crippen molar-refractivity contribution >= 4 is 15.9 Å². The van der Waals surface area contributed by atoms with E-state index in [4.69, 9.17) is 4.52 Å². The fourth-order valence-corrected chi connectivity index (χ4v) is 2.01. The SMILES string of the molecule is CCNC(C)c1nc(-c2cc(F)ccc2Br)no1. The number of hydrogen-bond acceptors (Lipinski definition) is 4. The van der Waals surface area contributed by atoms with E-state index in [2.05, 4.69) is 31.4 Å². The van der Waals surface area contributed by atoms with Crippen LogP contribution in [-0.2, 0) is 0 Å². The van der Waals surface area contributed by atoms with Crippen LogP contribution >= 0.6 is 15.9 Å². The van der Waals surface area contributed by atoms with Gasteiger partial charge in [0.25, 0.3) is 0 Å². The smallest absolute Gasteiger partial charge is 0.243 e. The summed E-state index contributed by atoms with van der Waals surface area (Å²) in [7, 11) is 0. The third-order valence-corrected chi connectivity index (χ3v) is 3.18. The predicted molar refractivity (Wildman–Crippen MR) is 69.5 cm³/mol. The van der Waals surface area contributed by atoms with Gasteiger partial charge in [0.15, 0.2) is 0 Å². The normalized spacial score (nSPS) is 12.7. The van der Waals surface area contributed by atoms with E-state index in [1.165, 1.54) is 12.1 Å². The van der Waals surface area contributed by atoms with Gasteiger partial charge in [-0.05, 0) is 31.7 Å². The molecule has 1 aromatic carbocycles. The first kappa shape index (κ1) is 13.2. The second-order valence-electron chi connectivity index (χ2n) is 3.86. The van der Waals surface area contributed by atoms with Crippen LogP contribution in [0.2, 0.25) is 0 Å². The lowest BCUT2D eigenvalue weighted by Gasteiger charge is -2.05. The molecule has 2 rings (SSSR count). The summed E-state index contributed by atoms with van der Waals surface area (Å²) in [5.41, 5.74) is 0.577. The Morgan fingerprint density at radius 2 is 2.28 bits per heavy atom. The molecule has 1 unspecified atom stereocenters. The van der Waals surface area contributed by atoms with E-state index >= 15 is 0 Å². The highest BCUT2D eigenvalue weighted by atomic mass is 79.9. The zero-order chi connectivity index (χ0) is 13.1. The van der Waals surface area contributed by atoms with Gasteiger partial charge in [-0.3, -0.25) is 0 Å². The number of hydrogen-bond donors (Lipinski definition) is 1. The molecule has 0 saturated carbocycles. The molecule has 0 bridgehead atoms. The summed E-state index contributed by atoms with van der Waals surface area (Å²) in [5.74, 6) is 0.531. The van der Waals surface area contributed by atoms with Crippen molar-refractivity contribution in [3.05, 3.63) is 34.4 Å². The molecule has 1 atom stereocenters. The predicted octanol–water partition coefficient (Wildman–Crippen LogP) is 3.31. The van der Waals surface area contributed by atoms with Gasteiger partial charge >= 0.3 is 0 Å². The number of benzene rings is 1. The van der Waals surface area contributed by atoms with Gasteiger partial charge < -0.3 is 9.84 Å². The van der Waals surface area contributed by atoms with Gasteiger partial charge in [-0.25, -0.2) is 4.39 Å². The quantitative estimate of drug-likeness (QED) is 0.941. The van der Waals surface area contributed by atoms with Crippen LogP contribution in [-0.4, -0.2) is 16.7 Å². The summed E-state index contributed by atoms with van der Waals surface area (Å²) in [6.45, 7) is 4.74. The van der Waals surface area contributed by atoms with Crippen LogP contribution in [0.15, 0.2) is 27.2 Å². The number of nitrogens with one attached hydrogen (secondary N) is 1. The summed E-state index contributed by atoms with van der Waals surface area (Å²) in [5, 5.41) is 7.04. The van der Waals surface area contributed by atoms with Gasteiger partial charge in [-0.15, -0.1) is 0 Å². The van der Waals surface area contributed by atoms with Crippen molar-refractivity contribution in [1.82, 2.24) is 15.5 Å². The minimum atomic E-state index is -0.334. The fraction of sp³-hybridized carbons (Fsp3) is 0.333. The highest BCUT2D eigenvalue weighted by Gasteiger charge is 2.16. The molecule has 0 amide bonds. The molecule has 4 nitrogen and oxygen atoms in total. The summed E-state index contributed by atoms with van der Waals surface area (Å²) >= 11 is 3.34. The van der Waals surface area contributed by atoms with E-state index in [9.17, 15) is 4.39 Å². The largest absolute Gasteiger partial charge is 0.337 e. The van der Waals surface area contributed by atoms with Gasteiger partial charge in [-0.2, -0.15) is 4.98 Å².